The van der Waals surface area contributed by atoms with Gasteiger partial charge in [0, 0.05) is 46.7 Å². The minimum absolute atomic E-state index is 0.0741. The lowest BCUT2D eigenvalue weighted by Gasteiger charge is -2.43. The predicted molar refractivity (Wildman–Crippen MR) is 161 cm³/mol. The summed E-state index contributed by atoms with van der Waals surface area (Å²) in [5, 5.41) is 21.6. The number of aryl methyl sites for hydroxylation is 1. The molecule has 7 rings (SSSR count). The second kappa shape index (κ2) is 10.9. The number of likely N-dealkylation sites (tertiary alicyclic amines) is 1. The number of hydrogen-bond acceptors (Lipinski definition) is 9. The number of thioether (sulfide) groups is 1. The Morgan fingerprint density at radius 2 is 1.89 bits per heavy atom. The number of carboxylic acid groups (broad SMARTS) is 1. The molecule has 1 aromatic heterocycles. The molecule has 1 saturated heterocycles. The smallest absolute Gasteiger partial charge is 0.305 e. The van der Waals surface area contributed by atoms with Crippen molar-refractivity contribution in [2.24, 2.45) is 29.6 Å². The van der Waals surface area contributed by atoms with Crippen molar-refractivity contribution in [2.75, 3.05) is 6.54 Å². The number of aliphatic carboxylic acids is 1. The van der Waals surface area contributed by atoms with Crippen LogP contribution in [0.5, 0.6) is 5.75 Å². The van der Waals surface area contributed by atoms with E-state index in [2.05, 4.69) is 4.98 Å². The second-order valence-corrected chi connectivity index (χ2v) is 14.2. The highest BCUT2D eigenvalue weighted by Gasteiger charge is 2.69. The number of aromatic amines is 1. The van der Waals surface area contributed by atoms with Crippen molar-refractivity contribution in [3.05, 3.63) is 83.8 Å². The van der Waals surface area contributed by atoms with Crippen LogP contribution in [0.25, 0.3) is 0 Å². The van der Waals surface area contributed by atoms with Gasteiger partial charge in [-0.15, -0.1) is 11.8 Å². The van der Waals surface area contributed by atoms with Gasteiger partial charge in [0.15, 0.2) is 0 Å². The topological polar surface area (TPSA) is 160 Å². The van der Waals surface area contributed by atoms with Gasteiger partial charge in [-0.3, -0.25) is 34.2 Å². The van der Waals surface area contributed by atoms with Gasteiger partial charge in [-0.1, -0.05) is 35.6 Å². The molecule has 2 aliphatic heterocycles. The first-order valence-electron chi connectivity index (χ1n) is 14.6. The molecule has 11 nitrogen and oxygen atoms in total. The lowest BCUT2D eigenvalue weighted by molar-refractivity contribution is -0.385. The van der Waals surface area contributed by atoms with Gasteiger partial charge >= 0.3 is 10.8 Å². The normalized spacial score (nSPS) is 28.1. The Morgan fingerprint density at radius 1 is 1.14 bits per heavy atom. The number of carbonyl (C=O) groups is 3. The van der Waals surface area contributed by atoms with Crippen molar-refractivity contribution in [3.63, 3.8) is 0 Å². The fourth-order valence-corrected chi connectivity index (χ4v) is 10.9. The molecule has 2 saturated carbocycles. The molecule has 0 radical (unpaired) electrons. The molecule has 2 amide bonds. The molecule has 4 aliphatic rings. The number of nitrogens with one attached hydrogen (secondary N) is 1. The summed E-state index contributed by atoms with van der Waals surface area (Å²) in [5.41, 5.74) is 2.52. The number of nitro benzene ring substituents is 1. The van der Waals surface area contributed by atoms with E-state index in [1.807, 2.05) is 31.2 Å². The number of nitrogens with zero attached hydrogens (tertiary/aromatic N) is 2. The van der Waals surface area contributed by atoms with E-state index >= 15 is 0 Å². The van der Waals surface area contributed by atoms with Crippen molar-refractivity contribution in [1.29, 1.82) is 0 Å². The average Bonchev–Trinajstić information content (AvgIpc) is 3.72. The van der Waals surface area contributed by atoms with Crippen LogP contribution in [0.3, 0.4) is 0 Å². The predicted octanol–water partition coefficient (Wildman–Crippen LogP) is 4.57. The Labute approximate surface area is 259 Å². The molecule has 3 heterocycles. The number of H-pyrrole nitrogens is 1. The first-order chi connectivity index (χ1) is 21.1. The molecule has 2 bridgehead atoms. The maximum absolute atomic E-state index is 13.7. The number of rotatable bonds is 9. The average molecular weight is 636 g/mol. The molecule has 2 aliphatic carbocycles. The molecule has 13 heteroatoms. The highest BCUT2D eigenvalue weighted by atomic mass is 32.2. The van der Waals surface area contributed by atoms with E-state index in [0.29, 0.717) is 22.8 Å². The Morgan fingerprint density at radius 3 is 2.61 bits per heavy atom. The lowest BCUT2D eigenvalue weighted by atomic mass is 9.68. The Kier molecular flexibility index (Phi) is 7.12. The van der Waals surface area contributed by atoms with Crippen LogP contribution < -0.4 is 9.61 Å². The number of thiazole rings is 1. The number of carboxylic acids is 1. The van der Waals surface area contributed by atoms with E-state index in [4.69, 9.17) is 9.84 Å². The minimum Gasteiger partial charge on any atom is -0.489 e. The number of ether oxygens (including phenoxy) is 1. The number of nitro groups is 1. The van der Waals surface area contributed by atoms with Gasteiger partial charge in [-0.2, -0.15) is 0 Å². The standard InChI is InChI=1S/C31H29N3O8S2/c1-14-5-2-3-6-15(14)13-42-20-9-8-16(34(40)41)11-17(20)22-23-18-12-19(26(23)43-28-27(22)44-31(39)32-28)25-24(18)29(37)33(30(25)38)10-4-7-21(35)36/h2-3,5-6,8-9,11,18-19,22-26H,4,7,10,12-13H2,1H3,(H,32,39)(H,35,36)/t18?,19?,22-,23?,24?,25?,26?/m1/s1. The summed E-state index contributed by atoms with van der Waals surface area (Å²) in [6, 6.07) is 12.4. The summed E-state index contributed by atoms with van der Waals surface area (Å²) in [6.07, 6.45) is 0.732. The summed E-state index contributed by atoms with van der Waals surface area (Å²) in [4.78, 5) is 67.3. The van der Waals surface area contributed by atoms with E-state index in [0.717, 1.165) is 27.3 Å². The fourth-order valence-electron chi connectivity index (χ4n) is 7.99. The molecule has 0 spiro atoms. The molecule has 6 unspecified atom stereocenters. The van der Waals surface area contributed by atoms with Crippen LogP contribution in [-0.4, -0.2) is 49.5 Å². The van der Waals surface area contributed by atoms with E-state index in [1.54, 1.807) is 6.07 Å². The van der Waals surface area contributed by atoms with Gasteiger partial charge in [0.05, 0.1) is 21.8 Å². The summed E-state index contributed by atoms with van der Waals surface area (Å²) < 4.78 is 6.36. The van der Waals surface area contributed by atoms with E-state index in [9.17, 15) is 29.3 Å². The number of aromatic nitrogens is 1. The third-order valence-corrected chi connectivity index (χ3v) is 12.4. The Hall–Kier alpha value is -3.97. The van der Waals surface area contributed by atoms with Gasteiger partial charge < -0.3 is 14.8 Å². The maximum atomic E-state index is 13.7. The van der Waals surface area contributed by atoms with Crippen molar-refractivity contribution < 1.29 is 29.2 Å². The van der Waals surface area contributed by atoms with Gasteiger partial charge in [0.2, 0.25) is 11.8 Å². The molecule has 3 aromatic rings. The third kappa shape index (κ3) is 4.55. The van der Waals surface area contributed by atoms with Crippen LogP contribution in [-0.2, 0) is 21.0 Å². The number of amides is 2. The van der Waals surface area contributed by atoms with Crippen molar-refractivity contribution >= 4 is 46.6 Å². The quantitative estimate of drug-likeness (QED) is 0.195. The van der Waals surface area contributed by atoms with Crippen LogP contribution in [0, 0.1) is 46.6 Å². The molecular weight excluding hydrogens is 606 g/mol. The monoisotopic (exact) mass is 635 g/mol. The summed E-state index contributed by atoms with van der Waals surface area (Å²) in [5.74, 6) is -2.93. The zero-order valence-corrected chi connectivity index (χ0v) is 25.3. The van der Waals surface area contributed by atoms with E-state index in [-0.39, 0.29) is 71.4 Å². The molecular formula is C31H29N3O8S2. The summed E-state index contributed by atoms with van der Waals surface area (Å²) in [7, 11) is 0. The number of non-ortho nitro benzene ring substituents is 1. The van der Waals surface area contributed by atoms with Crippen molar-refractivity contribution in [2.45, 2.75) is 49.0 Å². The lowest BCUT2D eigenvalue weighted by Crippen LogP contribution is -2.42. The molecule has 7 atom stereocenters. The minimum atomic E-state index is -0.979. The van der Waals surface area contributed by atoms with Crippen LogP contribution in [0.2, 0.25) is 0 Å². The molecule has 2 aromatic carbocycles. The van der Waals surface area contributed by atoms with Crippen LogP contribution >= 0.6 is 23.1 Å². The first kappa shape index (κ1) is 28.8. The third-order valence-electron chi connectivity index (χ3n) is 9.77. The maximum Gasteiger partial charge on any atom is 0.305 e. The van der Waals surface area contributed by atoms with Crippen LogP contribution in [0.1, 0.15) is 46.7 Å². The first-order valence-corrected chi connectivity index (χ1v) is 16.3. The Balaban J connectivity index is 1.29. The zero-order valence-electron chi connectivity index (χ0n) is 23.6. The zero-order chi connectivity index (χ0) is 30.9. The number of imide groups is 1. The molecule has 228 valence electrons. The van der Waals surface area contributed by atoms with E-state index < -0.39 is 28.6 Å². The summed E-state index contributed by atoms with van der Waals surface area (Å²) in [6.45, 7) is 2.31. The van der Waals surface area contributed by atoms with Crippen LogP contribution in [0.4, 0.5) is 5.69 Å². The number of carbonyl (C=O) groups excluding carboxylic acids is 2. The molecule has 2 N–H and O–H groups in total. The van der Waals surface area contributed by atoms with Gasteiger partial charge in [-0.25, -0.2) is 0 Å². The SMILES string of the molecule is Cc1ccccc1COc1ccc([N+](=O)[O-])cc1[C@H]1c2sc(=O)[nH]c2SC2C3CC(C4C(=O)N(CCCC(=O)O)C(=O)C34)C21. The van der Waals surface area contributed by atoms with Crippen molar-refractivity contribution in [1.82, 2.24) is 9.88 Å². The fraction of sp³-hybridized carbons (Fsp3) is 0.419. The van der Waals surface area contributed by atoms with E-state index in [1.165, 1.54) is 28.8 Å². The highest BCUT2D eigenvalue weighted by molar-refractivity contribution is 8.00. The van der Waals surface area contributed by atoms with Gasteiger partial charge in [0.1, 0.15) is 12.4 Å². The summed E-state index contributed by atoms with van der Waals surface area (Å²) >= 11 is 2.61. The number of fused-ring (bicyclic) bond motifs is 9. The van der Waals surface area contributed by atoms with Crippen LogP contribution in [0.15, 0.2) is 52.3 Å². The second-order valence-electron chi connectivity index (χ2n) is 12.0. The Bertz CT molecular complexity index is 1770. The molecule has 44 heavy (non-hydrogen) atoms. The molecule has 3 fully saturated rings. The van der Waals surface area contributed by atoms with Crippen molar-refractivity contribution in [3.8, 4) is 5.75 Å². The largest absolute Gasteiger partial charge is 0.489 e. The van der Waals surface area contributed by atoms with Gasteiger partial charge in [0.25, 0.3) is 5.69 Å². The highest BCUT2D eigenvalue weighted by Crippen LogP contribution is 2.69. The number of benzene rings is 2. The van der Waals surface area contributed by atoms with Gasteiger partial charge in [-0.05, 0) is 54.7 Å². The number of hydrogen-bond donors (Lipinski definition) is 2.